The highest BCUT2D eigenvalue weighted by Crippen LogP contribution is 2.29. The molecule has 0 aliphatic carbocycles. The van der Waals surface area contributed by atoms with E-state index in [2.05, 4.69) is 47.2 Å². The fourth-order valence-electron chi connectivity index (χ4n) is 9.26. The predicted molar refractivity (Wildman–Crippen MR) is 286 cm³/mol. The van der Waals surface area contributed by atoms with Crippen molar-refractivity contribution in [2.45, 2.75) is 126 Å². The molecule has 14 N–H and O–H groups in total. The molecule has 0 saturated carbocycles. The van der Waals surface area contributed by atoms with E-state index >= 15 is 4.79 Å². The van der Waals surface area contributed by atoms with Crippen molar-refractivity contribution < 1.29 is 38.4 Å². The molecule has 0 unspecified atom stereocenters. The van der Waals surface area contributed by atoms with Crippen LogP contribution in [0.25, 0.3) is 10.9 Å². The minimum Gasteiger partial charge on any atom is -0.371 e. The van der Waals surface area contributed by atoms with Crippen molar-refractivity contribution in [1.29, 1.82) is 0 Å². The van der Waals surface area contributed by atoms with Gasteiger partial charge in [-0.15, -0.1) is 0 Å². The summed E-state index contributed by atoms with van der Waals surface area (Å²) in [5.41, 5.74) is 18.3. The van der Waals surface area contributed by atoms with E-state index in [0.717, 1.165) is 16.6 Å². The van der Waals surface area contributed by atoms with Gasteiger partial charge in [0, 0.05) is 73.3 Å². The van der Waals surface area contributed by atoms with E-state index in [4.69, 9.17) is 28.8 Å². The van der Waals surface area contributed by atoms with Crippen molar-refractivity contribution in [3.05, 3.63) is 101 Å². The molecule has 402 valence electrons. The van der Waals surface area contributed by atoms with E-state index in [9.17, 15) is 33.6 Å². The van der Waals surface area contributed by atoms with Gasteiger partial charge >= 0.3 is 0 Å². The third kappa shape index (κ3) is 16.7. The molecule has 8 amide bonds. The van der Waals surface area contributed by atoms with E-state index < -0.39 is 89.4 Å². The number of hydrogen-bond acceptors (Lipinski definition) is 10. The lowest BCUT2D eigenvalue weighted by molar-refractivity contribution is -0.139. The minimum absolute atomic E-state index is 0.0235. The lowest BCUT2D eigenvalue weighted by Gasteiger charge is -2.43. The lowest BCUT2D eigenvalue weighted by atomic mass is 9.85. The molecule has 0 bridgehead atoms. The van der Waals surface area contributed by atoms with Crippen LogP contribution in [0.2, 0.25) is 5.02 Å². The summed E-state index contributed by atoms with van der Waals surface area (Å²) in [6, 6.07) is 16.9. The van der Waals surface area contributed by atoms with Crippen LogP contribution < -0.4 is 59.3 Å². The topological polar surface area (TPSA) is 330 Å². The van der Waals surface area contributed by atoms with Crippen molar-refractivity contribution in [2.75, 3.05) is 31.1 Å². The van der Waals surface area contributed by atoms with E-state index in [0.29, 0.717) is 41.8 Å². The number of piperidine rings is 1. The Kier molecular flexibility index (Phi) is 20.8. The van der Waals surface area contributed by atoms with Crippen molar-refractivity contribution in [3.63, 3.8) is 0 Å². The number of halogens is 1. The number of nitrogens with zero attached hydrogens (tertiary/aromatic N) is 2. The molecule has 1 spiro atoms. The van der Waals surface area contributed by atoms with Crippen LogP contribution in [0.5, 0.6) is 0 Å². The molecule has 2 aliphatic heterocycles. The summed E-state index contributed by atoms with van der Waals surface area (Å²) in [6.45, 7) is 2.64. The number of fused-ring (bicyclic) bond motifs is 1. The molecule has 1 aromatic heterocycles. The molecule has 2 aliphatic rings. The van der Waals surface area contributed by atoms with Gasteiger partial charge in [-0.1, -0.05) is 73.5 Å². The van der Waals surface area contributed by atoms with Gasteiger partial charge in [0.05, 0.1) is 6.42 Å². The van der Waals surface area contributed by atoms with E-state index in [1.165, 1.54) is 0 Å². The van der Waals surface area contributed by atoms with Crippen molar-refractivity contribution in [1.82, 2.24) is 42.2 Å². The number of para-hydroxylation sites is 1. The smallest absolute Gasteiger partial charge is 0.246 e. The maximum atomic E-state index is 15.2. The van der Waals surface area contributed by atoms with Crippen LogP contribution in [0.15, 0.2) is 90.1 Å². The number of nitrogens with two attached hydrogens (primary N) is 3. The standard InChI is InChI=1S/C53H70ClN13O8/c1-2-3-18-44(68)61-43-31-45(69)58-25-10-9-16-39(46(55)70)62-49(73)42(30-34-32-60-38-15-8-7-14-37(34)38)64-47(71)40(17-11-26-59-52(56)57)63-48(72)41(29-33-12-5-4-6-13-33)65-51(75)53(66-50(43)74)23-27-67(28-24-53)36-21-19-35(54)20-22-36/h4-8,12-15,19-22,32,39-43,60H,2-3,9-11,16-18,23-31H2,1H3,(H2,55,70)(H,58,69)(H,61,68)(H,62,73)(H,63,72)(H,64,71)(H,65,75)(H,66,74)(H4,56,57,59)/t39-,40-,41+,42-,43-/m0/s1. The summed E-state index contributed by atoms with van der Waals surface area (Å²) in [6.07, 6.45) is 3.44. The van der Waals surface area contributed by atoms with Crippen LogP contribution in [-0.2, 0) is 51.2 Å². The number of unbranched alkanes of at least 4 members (excludes halogenated alkanes) is 1. The normalized spacial score (nSPS) is 21.6. The lowest BCUT2D eigenvalue weighted by Crippen LogP contribution is -2.68. The SMILES string of the molecule is CCCCC(=O)N[C@H]1CC(=O)NCCCC[C@@H](C(N)=O)NC(=O)[C@H](Cc2c[nH]c3ccccc23)NC(=O)[C@H](CCCN=C(N)N)NC(=O)[C@@H](Cc2ccccc2)NC(=O)C2(CCN(c3ccc(Cl)cc3)CC2)NC1=O. The minimum atomic E-state index is -1.68. The number of benzene rings is 3. The van der Waals surface area contributed by atoms with Crippen molar-refractivity contribution in [2.24, 2.45) is 22.2 Å². The highest BCUT2D eigenvalue weighted by molar-refractivity contribution is 6.30. The van der Waals surface area contributed by atoms with Gasteiger partial charge in [0.1, 0.15) is 35.7 Å². The Hall–Kier alpha value is -7.68. The third-order valence-corrected chi connectivity index (χ3v) is 13.8. The zero-order valence-electron chi connectivity index (χ0n) is 42.3. The number of carbonyl (C=O) groups excluding carboxylic acids is 8. The fraction of sp³-hybridized carbons (Fsp3) is 0.453. The summed E-state index contributed by atoms with van der Waals surface area (Å²) in [4.78, 5) is 123. The Morgan fingerprint density at radius 1 is 0.773 bits per heavy atom. The Labute approximate surface area is 441 Å². The Bertz CT molecular complexity index is 2650. The molecule has 6 rings (SSSR count). The third-order valence-electron chi connectivity index (χ3n) is 13.5. The highest BCUT2D eigenvalue weighted by Gasteiger charge is 2.46. The molecule has 2 fully saturated rings. The Morgan fingerprint density at radius 2 is 1.44 bits per heavy atom. The number of aromatic amines is 1. The van der Waals surface area contributed by atoms with E-state index in [-0.39, 0.29) is 83.5 Å². The molecule has 75 heavy (non-hydrogen) atoms. The zero-order chi connectivity index (χ0) is 53.9. The molecule has 0 radical (unpaired) electrons. The van der Waals surface area contributed by atoms with Crippen LogP contribution in [-0.4, -0.2) is 120 Å². The van der Waals surface area contributed by atoms with Gasteiger partial charge in [-0.25, -0.2) is 0 Å². The van der Waals surface area contributed by atoms with Crippen molar-refractivity contribution >= 4 is 81.4 Å². The zero-order valence-corrected chi connectivity index (χ0v) is 43.0. The molecule has 22 heteroatoms. The largest absolute Gasteiger partial charge is 0.371 e. The van der Waals surface area contributed by atoms with Gasteiger partial charge in [0.2, 0.25) is 47.3 Å². The van der Waals surface area contributed by atoms with Gasteiger partial charge in [0.15, 0.2) is 5.96 Å². The first-order valence-corrected chi connectivity index (χ1v) is 26.0. The first kappa shape index (κ1) is 56.6. The number of carbonyl (C=O) groups is 8. The summed E-state index contributed by atoms with van der Waals surface area (Å²) in [7, 11) is 0. The number of primary amides is 1. The van der Waals surface area contributed by atoms with Gasteiger partial charge in [-0.2, -0.15) is 0 Å². The van der Waals surface area contributed by atoms with Gasteiger partial charge in [0.25, 0.3) is 0 Å². The van der Waals surface area contributed by atoms with E-state index in [1.54, 1.807) is 48.7 Å². The van der Waals surface area contributed by atoms with Gasteiger partial charge in [-0.3, -0.25) is 43.3 Å². The number of anilines is 1. The molecule has 5 atom stereocenters. The molecular formula is C53H70ClN13O8. The number of rotatable bonds is 14. The second kappa shape index (κ2) is 27.6. The van der Waals surface area contributed by atoms with Crippen LogP contribution in [0, 0.1) is 0 Å². The van der Waals surface area contributed by atoms with Crippen LogP contribution in [0.1, 0.15) is 88.7 Å². The summed E-state index contributed by atoms with van der Waals surface area (Å²) in [5.74, 6) is -5.78. The van der Waals surface area contributed by atoms with E-state index in [1.807, 2.05) is 48.2 Å². The summed E-state index contributed by atoms with van der Waals surface area (Å²) >= 11 is 6.21. The second-order valence-electron chi connectivity index (χ2n) is 19.1. The summed E-state index contributed by atoms with van der Waals surface area (Å²) < 4.78 is 0. The summed E-state index contributed by atoms with van der Waals surface area (Å²) in [5, 5.41) is 21.1. The monoisotopic (exact) mass is 1050 g/mol. The van der Waals surface area contributed by atoms with Gasteiger partial charge < -0.3 is 64.3 Å². The molecular weight excluding hydrogens is 982 g/mol. The van der Waals surface area contributed by atoms with Crippen molar-refractivity contribution in [3.8, 4) is 0 Å². The number of nitrogens with one attached hydrogen (secondary N) is 8. The number of aromatic nitrogens is 1. The molecule has 4 aromatic rings. The number of aliphatic imine (C=N–C) groups is 1. The number of hydrogen-bond donors (Lipinski definition) is 11. The maximum Gasteiger partial charge on any atom is 0.246 e. The van der Waals surface area contributed by atoms with Gasteiger partial charge in [-0.05, 0) is 92.8 Å². The fourth-order valence-corrected chi connectivity index (χ4v) is 9.39. The second-order valence-corrected chi connectivity index (χ2v) is 19.6. The van der Waals surface area contributed by atoms with Crippen LogP contribution in [0.4, 0.5) is 5.69 Å². The molecule has 3 aromatic carbocycles. The van der Waals surface area contributed by atoms with Crippen LogP contribution >= 0.6 is 11.6 Å². The first-order valence-electron chi connectivity index (χ1n) is 25.6. The highest BCUT2D eigenvalue weighted by atomic mass is 35.5. The maximum absolute atomic E-state index is 15.2. The predicted octanol–water partition coefficient (Wildman–Crippen LogP) is 1.61. The number of guanidine groups is 1. The molecule has 2 saturated heterocycles. The average Bonchev–Trinajstić information content (AvgIpc) is 3.80. The quantitative estimate of drug-likeness (QED) is 0.0490. The van der Waals surface area contributed by atoms with Crippen LogP contribution in [0.3, 0.4) is 0 Å². The Morgan fingerprint density at radius 3 is 2.15 bits per heavy atom. The number of H-pyrrole nitrogens is 1. The first-order chi connectivity index (χ1) is 36.0. The Balaban J connectivity index is 1.39. The number of amides is 8. The average molecular weight is 1050 g/mol. The molecule has 3 heterocycles. The molecule has 21 nitrogen and oxygen atoms in total.